The average molecular weight is 195 g/mol. The zero-order chi connectivity index (χ0) is 10.2. The number of morpholine rings is 1. The molecule has 0 unspecified atom stereocenters. The number of carbonyl (C=O) groups is 1. The van der Waals surface area contributed by atoms with Gasteiger partial charge in [0.25, 0.3) is 0 Å². The molecule has 4 nitrogen and oxygen atoms in total. The molecule has 0 aromatic rings. The molecular formula is C10H13NO3. The van der Waals surface area contributed by atoms with Crippen molar-refractivity contribution in [1.82, 2.24) is 4.90 Å². The van der Waals surface area contributed by atoms with E-state index < -0.39 is 5.79 Å². The van der Waals surface area contributed by atoms with E-state index in [1.165, 1.54) is 18.2 Å². The standard InChI is InChI=1S/C10H13NO3/c1-2-11-5-6-14-10(13)4-3-8(12)7-9(10)11/h3-4,7,13H,2,5-6H2,1H3/t10-/m1/s1. The molecule has 0 amide bonds. The van der Waals surface area contributed by atoms with Gasteiger partial charge in [0, 0.05) is 19.2 Å². The van der Waals surface area contributed by atoms with Crippen molar-refractivity contribution in [1.29, 1.82) is 0 Å². The van der Waals surface area contributed by atoms with E-state index >= 15 is 0 Å². The largest absolute Gasteiger partial charge is 0.368 e. The first-order valence-corrected chi connectivity index (χ1v) is 4.72. The van der Waals surface area contributed by atoms with Crippen molar-refractivity contribution in [2.24, 2.45) is 0 Å². The fraction of sp³-hybridized carbons (Fsp3) is 0.500. The second-order valence-electron chi connectivity index (χ2n) is 3.39. The zero-order valence-electron chi connectivity index (χ0n) is 8.06. The second-order valence-corrected chi connectivity index (χ2v) is 3.39. The molecule has 0 spiro atoms. The highest BCUT2D eigenvalue weighted by atomic mass is 16.6. The van der Waals surface area contributed by atoms with Crippen LogP contribution in [0.4, 0.5) is 0 Å². The summed E-state index contributed by atoms with van der Waals surface area (Å²) in [7, 11) is 0. The van der Waals surface area contributed by atoms with Crippen molar-refractivity contribution in [3.05, 3.63) is 23.9 Å². The molecule has 0 aromatic carbocycles. The Morgan fingerprint density at radius 1 is 1.71 bits per heavy atom. The fourth-order valence-corrected chi connectivity index (χ4v) is 1.77. The van der Waals surface area contributed by atoms with Gasteiger partial charge in [-0.15, -0.1) is 0 Å². The van der Waals surface area contributed by atoms with Crippen LogP contribution >= 0.6 is 0 Å². The van der Waals surface area contributed by atoms with Crippen LogP contribution in [0.25, 0.3) is 0 Å². The summed E-state index contributed by atoms with van der Waals surface area (Å²) in [6.45, 7) is 3.93. The molecule has 14 heavy (non-hydrogen) atoms. The molecule has 1 heterocycles. The highest BCUT2D eigenvalue weighted by molar-refractivity contribution is 6.01. The van der Waals surface area contributed by atoms with Gasteiger partial charge in [-0.3, -0.25) is 4.79 Å². The Labute approximate surface area is 82.5 Å². The van der Waals surface area contributed by atoms with Gasteiger partial charge in [0.2, 0.25) is 5.79 Å². The zero-order valence-corrected chi connectivity index (χ0v) is 8.06. The van der Waals surface area contributed by atoms with Gasteiger partial charge in [0.1, 0.15) is 0 Å². The Bertz CT molecular complexity index is 321. The molecule has 1 N–H and O–H groups in total. The maximum atomic E-state index is 11.2. The van der Waals surface area contributed by atoms with E-state index in [0.717, 1.165) is 6.54 Å². The summed E-state index contributed by atoms with van der Waals surface area (Å²) in [5.74, 6) is -1.49. The smallest absolute Gasteiger partial charge is 0.228 e. The van der Waals surface area contributed by atoms with Crippen LogP contribution in [0.1, 0.15) is 6.92 Å². The number of rotatable bonds is 1. The SMILES string of the molecule is CCN1CCO[C@]2(O)C=CC(=O)C=C12. The lowest BCUT2D eigenvalue weighted by atomic mass is 10.0. The van der Waals surface area contributed by atoms with Crippen LogP contribution in [0, 0.1) is 0 Å². The van der Waals surface area contributed by atoms with Crippen molar-refractivity contribution in [2.45, 2.75) is 12.7 Å². The number of aliphatic hydroxyl groups is 1. The third-order valence-corrected chi connectivity index (χ3v) is 2.53. The lowest BCUT2D eigenvalue weighted by Gasteiger charge is -2.41. The van der Waals surface area contributed by atoms with Crippen LogP contribution < -0.4 is 0 Å². The Morgan fingerprint density at radius 2 is 2.50 bits per heavy atom. The summed E-state index contributed by atoms with van der Waals surface area (Å²) in [4.78, 5) is 13.1. The maximum Gasteiger partial charge on any atom is 0.228 e. The van der Waals surface area contributed by atoms with Crippen LogP contribution in [0.15, 0.2) is 23.9 Å². The van der Waals surface area contributed by atoms with Crippen molar-refractivity contribution in [3.8, 4) is 0 Å². The van der Waals surface area contributed by atoms with Crippen molar-refractivity contribution >= 4 is 5.78 Å². The van der Waals surface area contributed by atoms with E-state index in [9.17, 15) is 9.90 Å². The summed E-state index contributed by atoms with van der Waals surface area (Å²) < 4.78 is 5.26. The van der Waals surface area contributed by atoms with Crippen molar-refractivity contribution < 1.29 is 14.6 Å². The van der Waals surface area contributed by atoms with Gasteiger partial charge in [-0.2, -0.15) is 0 Å². The number of likely N-dealkylation sites (N-methyl/N-ethyl adjacent to an activating group) is 1. The minimum atomic E-state index is -1.39. The predicted molar refractivity (Wildman–Crippen MR) is 50.4 cm³/mol. The van der Waals surface area contributed by atoms with Crippen LogP contribution in [-0.4, -0.2) is 41.3 Å². The summed E-state index contributed by atoms with van der Waals surface area (Å²) in [6, 6.07) is 0. The third kappa shape index (κ3) is 1.36. The molecule has 0 saturated carbocycles. The summed E-state index contributed by atoms with van der Waals surface area (Å²) in [5.41, 5.74) is 0.554. The first-order valence-electron chi connectivity index (χ1n) is 4.72. The monoisotopic (exact) mass is 195 g/mol. The maximum absolute atomic E-state index is 11.2. The first-order chi connectivity index (χ1) is 6.65. The van der Waals surface area contributed by atoms with Crippen LogP contribution in [-0.2, 0) is 9.53 Å². The number of carbonyl (C=O) groups excluding carboxylic acids is 1. The van der Waals surface area contributed by atoms with Crippen molar-refractivity contribution in [2.75, 3.05) is 19.7 Å². The normalized spacial score (nSPS) is 31.4. The molecule has 2 rings (SSSR count). The van der Waals surface area contributed by atoms with E-state index in [-0.39, 0.29) is 5.78 Å². The highest BCUT2D eigenvalue weighted by Crippen LogP contribution is 2.30. The summed E-state index contributed by atoms with van der Waals surface area (Å²) in [6.07, 6.45) is 4.18. The average Bonchev–Trinajstić information content (AvgIpc) is 2.18. The Kier molecular flexibility index (Phi) is 2.17. The molecule has 76 valence electrons. The topological polar surface area (TPSA) is 49.8 Å². The highest BCUT2D eigenvalue weighted by Gasteiger charge is 2.39. The van der Waals surface area contributed by atoms with Gasteiger partial charge < -0.3 is 14.7 Å². The molecule has 0 bridgehead atoms. The lowest BCUT2D eigenvalue weighted by Crippen LogP contribution is -2.49. The van der Waals surface area contributed by atoms with E-state index in [2.05, 4.69) is 0 Å². The van der Waals surface area contributed by atoms with Gasteiger partial charge in [-0.25, -0.2) is 0 Å². The van der Waals surface area contributed by atoms with Gasteiger partial charge >= 0.3 is 0 Å². The third-order valence-electron chi connectivity index (χ3n) is 2.53. The number of hydrogen-bond donors (Lipinski definition) is 1. The van der Waals surface area contributed by atoms with E-state index in [1.807, 2.05) is 11.8 Å². The molecule has 1 aliphatic carbocycles. The quantitative estimate of drug-likeness (QED) is 0.642. The molecular weight excluding hydrogens is 182 g/mol. The van der Waals surface area contributed by atoms with E-state index in [0.29, 0.717) is 18.8 Å². The lowest BCUT2D eigenvalue weighted by molar-refractivity contribution is -0.177. The summed E-state index contributed by atoms with van der Waals surface area (Å²) >= 11 is 0. The van der Waals surface area contributed by atoms with Crippen LogP contribution in [0.2, 0.25) is 0 Å². The first kappa shape index (κ1) is 9.43. The van der Waals surface area contributed by atoms with Crippen LogP contribution in [0.3, 0.4) is 0 Å². The molecule has 1 saturated heterocycles. The minimum Gasteiger partial charge on any atom is -0.368 e. The van der Waals surface area contributed by atoms with Gasteiger partial charge in [0.05, 0.1) is 12.3 Å². The number of fused-ring (bicyclic) bond motifs is 1. The predicted octanol–water partition coefficient (Wildman–Crippen LogP) is 0.0499. The summed E-state index contributed by atoms with van der Waals surface area (Å²) in [5, 5.41) is 10.0. The van der Waals surface area contributed by atoms with E-state index in [4.69, 9.17) is 4.74 Å². The van der Waals surface area contributed by atoms with Gasteiger partial charge in [-0.1, -0.05) is 0 Å². The van der Waals surface area contributed by atoms with Gasteiger partial charge in [-0.05, 0) is 19.1 Å². The molecule has 2 aliphatic rings. The molecule has 1 fully saturated rings. The van der Waals surface area contributed by atoms with Crippen molar-refractivity contribution in [3.63, 3.8) is 0 Å². The number of allylic oxidation sites excluding steroid dienone is 2. The molecule has 0 aromatic heterocycles. The number of nitrogens with zero attached hydrogens (tertiary/aromatic N) is 1. The Balaban J connectivity index is 2.35. The van der Waals surface area contributed by atoms with Crippen LogP contribution in [0.5, 0.6) is 0 Å². The molecule has 4 heteroatoms. The number of ketones is 1. The molecule has 1 aliphatic heterocycles. The number of ether oxygens (including phenoxy) is 1. The Hall–Kier alpha value is -1.13. The molecule has 1 atom stereocenters. The van der Waals surface area contributed by atoms with E-state index in [1.54, 1.807) is 0 Å². The second kappa shape index (κ2) is 3.22. The Morgan fingerprint density at radius 3 is 3.21 bits per heavy atom. The van der Waals surface area contributed by atoms with Gasteiger partial charge in [0.15, 0.2) is 5.78 Å². The fourth-order valence-electron chi connectivity index (χ4n) is 1.77. The number of hydrogen-bond acceptors (Lipinski definition) is 4. The molecule has 0 radical (unpaired) electrons. The minimum absolute atomic E-state index is 0.103.